The Hall–Kier alpha value is -1.95. The number of aliphatic hydroxyl groups excluding tert-OH is 1. The predicted molar refractivity (Wildman–Crippen MR) is 112 cm³/mol. The zero-order valence-electron chi connectivity index (χ0n) is 14.8. The molecule has 0 aliphatic rings. The van der Waals surface area contributed by atoms with Gasteiger partial charge < -0.3 is 0 Å². The first-order valence-electron chi connectivity index (χ1n) is 9.12. The van der Waals surface area contributed by atoms with Gasteiger partial charge in [0.1, 0.15) is 0 Å². The molecule has 0 aromatic heterocycles. The number of rotatable bonds is 7. The van der Waals surface area contributed by atoms with Gasteiger partial charge in [0, 0.05) is 0 Å². The Labute approximate surface area is 151 Å². The van der Waals surface area contributed by atoms with Gasteiger partial charge in [-0.3, -0.25) is 0 Å². The molecule has 1 unspecified atom stereocenters. The molecule has 0 fully saturated rings. The van der Waals surface area contributed by atoms with E-state index in [4.69, 9.17) is 0 Å². The standard InChI is InChI=1S/C23H27OP/c1-2-20(24)18-19-25(21-12-6-3-7-13-21,22-14-8-4-9-15-22)23-16-10-5-11-17-23/h3-17,20,24-25H,2,18-19H2,1H3. The minimum atomic E-state index is -2.16. The number of hydrogen-bond donors (Lipinski definition) is 1. The molecule has 3 aromatic carbocycles. The third kappa shape index (κ3) is 3.84. The van der Waals surface area contributed by atoms with Crippen LogP contribution in [0.25, 0.3) is 0 Å². The van der Waals surface area contributed by atoms with Gasteiger partial charge in [0.15, 0.2) is 0 Å². The van der Waals surface area contributed by atoms with E-state index in [0.29, 0.717) is 0 Å². The summed E-state index contributed by atoms with van der Waals surface area (Å²) in [5, 5.41) is 14.5. The molecule has 3 rings (SSSR count). The fraction of sp³-hybridized carbons (Fsp3) is 0.217. The van der Waals surface area contributed by atoms with Crippen molar-refractivity contribution in [2.75, 3.05) is 6.16 Å². The molecular formula is C23H27OP. The summed E-state index contributed by atoms with van der Waals surface area (Å²) in [4.78, 5) is 0. The zero-order valence-corrected chi connectivity index (χ0v) is 15.8. The van der Waals surface area contributed by atoms with E-state index in [0.717, 1.165) is 19.0 Å². The minimum absolute atomic E-state index is 0.233. The Morgan fingerprint density at radius 2 is 1.04 bits per heavy atom. The van der Waals surface area contributed by atoms with Crippen LogP contribution >= 0.6 is 7.26 Å². The van der Waals surface area contributed by atoms with E-state index < -0.39 is 7.26 Å². The normalized spacial score (nSPS) is 13.4. The van der Waals surface area contributed by atoms with Crippen molar-refractivity contribution < 1.29 is 5.11 Å². The van der Waals surface area contributed by atoms with Crippen molar-refractivity contribution in [3.63, 3.8) is 0 Å². The van der Waals surface area contributed by atoms with E-state index in [2.05, 4.69) is 97.9 Å². The molecule has 0 saturated heterocycles. The third-order valence-electron chi connectivity index (χ3n) is 5.12. The fourth-order valence-corrected chi connectivity index (χ4v) is 8.60. The molecule has 130 valence electrons. The van der Waals surface area contributed by atoms with Crippen molar-refractivity contribution in [2.45, 2.75) is 25.9 Å². The van der Waals surface area contributed by atoms with Crippen molar-refractivity contribution in [3.05, 3.63) is 91.0 Å². The Kier molecular flexibility index (Phi) is 6.02. The molecule has 0 spiro atoms. The number of aliphatic hydroxyl groups is 1. The first-order chi connectivity index (χ1) is 12.3. The summed E-state index contributed by atoms with van der Waals surface area (Å²) in [6.45, 7) is 2.06. The van der Waals surface area contributed by atoms with Gasteiger partial charge in [0.25, 0.3) is 0 Å². The molecule has 0 saturated carbocycles. The van der Waals surface area contributed by atoms with Gasteiger partial charge in [-0.05, 0) is 0 Å². The first-order valence-corrected chi connectivity index (χ1v) is 11.3. The Morgan fingerprint density at radius 3 is 1.36 bits per heavy atom. The van der Waals surface area contributed by atoms with Crippen LogP contribution in [-0.2, 0) is 0 Å². The van der Waals surface area contributed by atoms with Crippen LogP contribution in [0, 0.1) is 0 Å². The van der Waals surface area contributed by atoms with E-state index >= 15 is 0 Å². The molecule has 0 heterocycles. The van der Waals surface area contributed by atoms with Crippen LogP contribution < -0.4 is 15.9 Å². The summed E-state index contributed by atoms with van der Waals surface area (Å²) in [5.41, 5.74) is 0. The molecule has 0 amide bonds. The van der Waals surface area contributed by atoms with Crippen LogP contribution in [0.5, 0.6) is 0 Å². The van der Waals surface area contributed by atoms with Crippen LogP contribution in [0.1, 0.15) is 19.8 Å². The topological polar surface area (TPSA) is 20.2 Å². The second-order valence-electron chi connectivity index (χ2n) is 6.60. The van der Waals surface area contributed by atoms with E-state index in [1.54, 1.807) is 0 Å². The van der Waals surface area contributed by atoms with Crippen molar-refractivity contribution in [3.8, 4) is 0 Å². The molecule has 1 nitrogen and oxygen atoms in total. The average Bonchev–Trinajstić information content (AvgIpc) is 2.71. The molecule has 2 heteroatoms. The van der Waals surface area contributed by atoms with Gasteiger partial charge in [-0.1, -0.05) is 0 Å². The predicted octanol–water partition coefficient (Wildman–Crippen LogP) is 3.87. The van der Waals surface area contributed by atoms with Crippen LogP contribution in [0.2, 0.25) is 0 Å². The SMILES string of the molecule is CCC(O)CC[PH](c1ccccc1)(c1ccccc1)c1ccccc1. The Morgan fingerprint density at radius 1 is 0.680 bits per heavy atom. The van der Waals surface area contributed by atoms with Gasteiger partial charge in [-0.15, -0.1) is 0 Å². The summed E-state index contributed by atoms with van der Waals surface area (Å²) < 4.78 is 0. The molecular weight excluding hydrogens is 323 g/mol. The summed E-state index contributed by atoms with van der Waals surface area (Å²) in [5.74, 6) is 0. The molecule has 1 N–H and O–H groups in total. The van der Waals surface area contributed by atoms with Crippen LogP contribution in [0.15, 0.2) is 91.0 Å². The Balaban J connectivity index is 2.20. The molecule has 0 bridgehead atoms. The summed E-state index contributed by atoms with van der Waals surface area (Å²) in [7, 11) is -2.16. The van der Waals surface area contributed by atoms with Crippen molar-refractivity contribution in [2.24, 2.45) is 0 Å². The monoisotopic (exact) mass is 350 g/mol. The summed E-state index contributed by atoms with van der Waals surface area (Å²) >= 11 is 0. The van der Waals surface area contributed by atoms with Gasteiger partial charge in [0.2, 0.25) is 0 Å². The van der Waals surface area contributed by atoms with Gasteiger partial charge in [-0.25, -0.2) is 0 Å². The van der Waals surface area contributed by atoms with Crippen LogP contribution in [-0.4, -0.2) is 17.4 Å². The van der Waals surface area contributed by atoms with Crippen molar-refractivity contribution in [1.82, 2.24) is 0 Å². The van der Waals surface area contributed by atoms with Gasteiger partial charge >= 0.3 is 151 Å². The van der Waals surface area contributed by atoms with Crippen LogP contribution in [0.3, 0.4) is 0 Å². The zero-order chi connectivity index (χ0) is 17.5. The number of hydrogen-bond acceptors (Lipinski definition) is 1. The van der Waals surface area contributed by atoms with Crippen LogP contribution in [0.4, 0.5) is 0 Å². The maximum atomic E-state index is 10.3. The quantitative estimate of drug-likeness (QED) is 0.641. The number of benzene rings is 3. The molecule has 1 atom stereocenters. The fourth-order valence-electron chi connectivity index (χ4n) is 3.69. The molecule has 3 aromatic rings. The molecule has 0 aliphatic heterocycles. The first kappa shape index (κ1) is 17.9. The van der Waals surface area contributed by atoms with Crippen molar-refractivity contribution >= 4 is 23.2 Å². The second-order valence-corrected chi connectivity index (χ2v) is 10.6. The molecule has 0 aliphatic carbocycles. The third-order valence-corrected chi connectivity index (χ3v) is 10.1. The maximum absolute atomic E-state index is 10.3. The second kappa shape index (κ2) is 8.43. The van der Waals surface area contributed by atoms with E-state index in [1.807, 2.05) is 0 Å². The van der Waals surface area contributed by atoms with E-state index in [1.165, 1.54) is 15.9 Å². The molecule has 25 heavy (non-hydrogen) atoms. The Bertz CT molecular complexity index is 659. The van der Waals surface area contributed by atoms with E-state index in [9.17, 15) is 5.11 Å². The summed E-state index contributed by atoms with van der Waals surface area (Å²) in [6, 6.07) is 32.7. The average molecular weight is 350 g/mol. The molecule has 0 radical (unpaired) electrons. The van der Waals surface area contributed by atoms with E-state index in [-0.39, 0.29) is 6.10 Å². The van der Waals surface area contributed by atoms with Gasteiger partial charge in [-0.2, -0.15) is 0 Å². The van der Waals surface area contributed by atoms with Gasteiger partial charge in [0.05, 0.1) is 0 Å². The summed E-state index contributed by atoms with van der Waals surface area (Å²) in [6.07, 6.45) is 2.42. The van der Waals surface area contributed by atoms with Crippen molar-refractivity contribution in [1.29, 1.82) is 0 Å².